The van der Waals surface area contributed by atoms with E-state index in [0.717, 1.165) is 0 Å². The molecule has 0 rings (SSSR count). The number of hydrogen-bond donors (Lipinski definition) is 0. The molecule has 0 saturated heterocycles. The topological polar surface area (TPSA) is 18.5 Å². The van der Waals surface area contributed by atoms with Gasteiger partial charge in [-0.25, -0.2) is 0 Å². The van der Waals surface area contributed by atoms with Gasteiger partial charge in [0, 0.05) is 13.2 Å². The summed E-state index contributed by atoms with van der Waals surface area (Å²) in [5.74, 6) is -15.2. The minimum absolute atomic E-state index is 0.116. The van der Waals surface area contributed by atoms with Crippen molar-refractivity contribution in [3.63, 3.8) is 0 Å². The third-order valence-electron chi connectivity index (χ3n) is 4.34. The van der Waals surface area contributed by atoms with E-state index in [1.165, 1.54) is 20.4 Å². The second kappa shape index (κ2) is 9.00. The van der Waals surface area contributed by atoms with Crippen molar-refractivity contribution in [1.82, 2.24) is 0 Å². The summed E-state index contributed by atoms with van der Waals surface area (Å²) < 4.78 is 181. The molecule has 0 fully saturated rings. The molecule has 0 bridgehead atoms. The SMILES string of the molecule is CCO[Si](C)(CCCC(C(F)(F)F)(C(F)(F)F)C(F)(F)C(F)(F)C(F)(F)F)OCC. The molecule has 2 nitrogen and oxygen atoms in total. The number of rotatable bonds is 10. The fourth-order valence-electron chi connectivity index (χ4n) is 2.87. The van der Waals surface area contributed by atoms with Crippen LogP contribution in [0.2, 0.25) is 12.6 Å². The fraction of sp³-hybridized carbons (Fsp3) is 1.00. The van der Waals surface area contributed by atoms with E-state index in [4.69, 9.17) is 8.85 Å². The minimum Gasteiger partial charge on any atom is -0.395 e. The molecule has 0 aliphatic heterocycles. The Bertz CT molecular complexity index is 534. The van der Waals surface area contributed by atoms with Gasteiger partial charge < -0.3 is 8.85 Å². The predicted molar refractivity (Wildman–Crippen MR) is 79.4 cm³/mol. The Morgan fingerprint density at radius 3 is 1.23 bits per heavy atom. The van der Waals surface area contributed by atoms with Gasteiger partial charge in [0.15, 0.2) is 0 Å². The molecule has 0 aromatic heterocycles. The minimum atomic E-state index is -7.62. The van der Waals surface area contributed by atoms with E-state index in [-0.39, 0.29) is 13.2 Å². The van der Waals surface area contributed by atoms with Gasteiger partial charge in [-0.2, -0.15) is 57.1 Å². The molecule has 0 aliphatic rings. The molecule has 0 heterocycles. The molecule has 16 heteroatoms. The highest BCUT2D eigenvalue weighted by Gasteiger charge is 2.91. The van der Waals surface area contributed by atoms with E-state index in [1.807, 2.05) is 0 Å². The summed E-state index contributed by atoms with van der Waals surface area (Å²) in [5, 5.41) is 0. The third kappa shape index (κ3) is 5.16. The van der Waals surface area contributed by atoms with Gasteiger partial charge in [0.25, 0.3) is 0 Å². The van der Waals surface area contributed by atoms with Crippen LogP contribution in [0.1, 0.15) is 26.7 Å². The summed E-state index contributed by atoms with van der Waals surface area (Å²) in [6, 6.07) is -0.795. The van der Waals surface area contributed by atoms with Crippen LogP contribution in [0.3, 0.4) is 0 Å². The maximum Gasteiger partial charge on any atom is 0.459 e. The van der Waals surface area contributed by atoms with Crippen LogP contribution >= 0.6 is 0 Å². The van der Waals surface area contributed by atoms with Gasteiger partial charge in [-0.3, -0.25) is 0 Å². The molecular weight excluding hydrogens is 475 g/mol. The average Bonchev–Trinajstić information content (AvgIpc) is 2.47. The first-order valence-corrected chi connectivity index (χ1v) is 10.8. The van der Waals surface area contributed by atoms with Crippen LogP contribution in [0, 0.1) is 5.41 Å². The zero-order valence-electron chi connectivity index (χ0n) is 15.8. The molecule has 0 spiro atoms. The molecule has 0 aromatic carbocycles. The van der Waals surface area contributed by atoms with Gasteiger partial charge >= 0.3 is 38.9 Å². The maximum absolute atomic E-state index is 14.0. The first kappa shape index (κ1) is 29.2. The van der Waals surface area contributed by atoms with Crippen LogP contribution in [-0.4, -0.2) is 52.1 Å². The summed E-state index contributed by atoms with van der Waals surface area (Å²) in [5.41, 5.74) is -6.67. The standard InChI is InChI=1S/C14H19F13O2Si/c1-4-28-30(3,29-5-2)8-6-7-9(12(19,20)21,13(22,23)24)10(15,16)11(17,18)14(25,26)27/h4-8H2,1-3H3. The summed E-state index contributed by atoms with van der Waals surface area (Å²) >= 11 is 0. The Morgan fingerprint density at radius 2 is 0.967 bits per heavy atom. The van der Waals surface area contributed by atoms with Crippen molar-refractivity contribution in [3.8, 4) is 0 Å². The molecule has 0 amide bonds. The Labute approximate surface area is 163 Å². The van der Waals surface area contributed by atoms with Crippen molar-refractivity contribution in [3.05, 3.63) is 0 Å². The highest BCUT2D eigenvalue weighted by Crippen LogP contribution is 2.67. The van der Waals surface area contributed by atoms with Crippen LogP contribution in [0.15, 0.2) is 0 Å². The Hall–Kier alpha value is -0.773. The lowest BCUT2D eigenvalue weighted by Gasteiger charge is -2.45. The monoisotopic (exact) mass is 494 g/mol. The average molecular weight is 494 g/mol. The van der Waals surface area contributed by atoms with Crippen molar-refractivity contribution < 1.29 is 65.9 Å². The fourth-order valence-corrected chi connectivity index (χ4v) is 5.29. The molecule has 0 atom stereocenters. The van der Waals surface area contributed by atoms with Crippen molar-refractivity contribution in [1.29, 1.82) is 0 Å². The van der Waals surface area contributed by atoms with E-state index in [0.29, 0.717) is 0 Å². The van der Waals surface area contributed by atoms with Crippen molar-refractivity contribution >= 4 is 8.56 Å². The van der Waals surface area contributed by atoms with Crippen LogP contribution in [0.5, 0.6) is 0 Å². The third-order valence-corrected chi connectivity index (χ3v) is 7.40. The van der Waals surface area contributed by atoms with Gasteiger partial charge in [0.1, 0.15) is 0 Å². The molecule has 0 radical (unpaired) electrons. The lowest BCUT2D eigenvalue weighted by atomic mass is 9.72. The highest BCUT2D eigenvalue weighted by atomic mass is 28.4. The highest BCUT2D eigenvalue weighted by molar-refractivity contribution is 6.66. The van der Waals surface area contributed by atoms with E-state index in [2.05, 4.69) is 0 Å². The van der Waals surface area contributed by atoms with Gasteiger partial charge in [0.05, 0.1) is 0 Å². The van der Waals surface area contributed by atoms with Crippen LogP contribution in [-0.2, 0) is 8.85 Å². The smallest absolute Gasteiger partial charge is 0.395 e. The summed E-state index contributed by atoms with van der Waals surface area (Å²) in [6.45, 7) is 3.71. The van der Waals surface area contributed by atoms with Gasteiger partial charge in [-0.1, -0.05) is 0 Å². The second-order valence-corrected chi connectivity index (χ2v) is 9.75. The molecule has 0 aromatic rings. The predicted octanol–water partition coefficient (Wildman–Crippen LogP) is 6.86. The molecule has 0 aliphatic carbocycles. The summed E-state index contributed by atoms with van der Waals surface area (Å²) in [6.07, 6.45) is -26.0. The largest absolute Gasteiger partial charge is 0.459 e. The van der Waals surface area contributed by atoms with E-state index in [9.17, 15) is 57.1 Å². The van der Waals surface area contributed by atoms with E-state index < -0.39 is 63.2 Å². The molecule has 0 saturated carbocycles. The molecule has 0 unspecified atom stereocenters. The van der Waals surface area contributed by atoms with E-state index in [1.54, 1.807) is 0 Å². The quantitative estimate of drug-likeness (QED) is 0.244. The normalized spacial score (nSPS) is 15.6. The van der Waals surface area contributed by atoms with Crippen molar-refractivity contribution in [2.75, 3.05) is 13.2 Å². The number of alkyl halides is 13. The molecule has 30 heavy (non-hydrogen) atoms. The second-order valence-electron chi connectivity index (χ2n) is 6.40. The van der Waals surface area contributed by atoms with Gasteiger partial charge in [-0.15, -0.1) is 0 Å². The van der Waals surface area contributed by atoms with Crippen LogP contribution < -0.4 is 0 Å². The Morgan fingerprint density at radius 1 is 0.600 bits per heavy atom. The molecule has 182 valence electrons. The molecular formula is C14H19F13O2Si. The van der Waals surface area contributed by atoms with Gasteiger partial charge in [0.2, 0.25) is 5.41 Å². The zero-order chi connectivity index (χ0) is 24.4. The van der Waals surface area contributed by atoms with E-state index >= 15 is 0 Å². The Balaban J connectivity index is 6.45. The lowest BCUT2D eigenvalue weighted by Crippen LogP contribution is -2.70. The molecule has 0 N–H and O–H groups in total. The summed E-state index contributed by atoms with van der Waals surface area (Å²) in [4.78, 5) is 0. The number of hydrogen-bond acceptors (Lipinski definition) is 2. The maximum atomic E-state index is 14.0. The summed E-state index contributed by atoms with van der Waals surface area (Å²) in [7, 11) is -3.50. The van der Waals surface area contributed by atoms with Crippen molar-refractivity contribution in [2.45, 2.75) is 69.7 Å². The Kier molecular flexibility index (Phi) is 8.76. The first-order chi connectivity index (χ1) is 13.1. The van der Waals surface area contributed by atoms with Gasteiger partial charge in [-0.05, 0) is 39.3 Å². The van der Waals surface area contributed by atoms with Crippen LogP contribution in [0.25, 0.3) is 0 Å². The lowest BCUT2D eigenvalue weighted by molar-refractivity contribution is -0.461. The van der Waals surface area contributed by atoms with Crippen LogP contribution in [0.4, 0.5) is 57.1 Å². The number of halogens is 13. The van der Waals surface area contributed by atoms with Crippen molar-refractivity contribution in [2.24, 2.45) is 5.41 Å². The first-order valence-electron chi connectivity index (χ1n) is 8.31. The zero-order valence-corrected chi connectivity index (χ0v) is 16.8.